The van der Waals surface area contributed by atoms with Gasteiger partial charge in [-0.1, -0.05) is 26.0 Å². The van der Waals surface area contributed by atoms with Gasteiger partial charge in [-0.25, -0.2) is 12.8 Å². The van der Waals surface area contributed by atoms with Gasteiger partial charge in [-0.15, -0.1) is 0 Å². The molecule has 0 saturated carbocycles. The summed E-state index contributed by atoms with van der Waals surface area (Å²) in [6.45, 7) is 6.25. The second-order valence-electron chi connectivity index (χ2n) is 8.28. The number of hydrogen-bond acceptors (Lipinski definition) is 6. The molecule has 1 fully saturated rings. The Balaban J connectivity index is 1.60. The van der Waals surface area contributed by atoms with E-state index >= 15 is 0 Å². The van der Waals surface area contributed by atoms with Crippen molar-refractivity contribution in [3.63, 3.8) is 0 Å². The monoisotopic (exact) mass is 492 g/mol. The van der Waals surface area contributed by atoms with E-state index in [-0.39, 0.29) is 12.5 Å². The van der Waals surface area contributed by atoms with Gasteiger partial charge < -0.3 is 15.4 Å². The molecule has 3 rings (SSSR count). The largest absolute Gasteiger partial charge is 0.379 e. The van der Waals surface area contributed by atoms with Crippen LogP contribution in [0, 0.1) is 11.7 Å². The molecule has 1 heterocycles. The predicted octanol–water partition coefficient (Wildman–Crippen LogP) is 2.04. The molecule has 1 atom stereocenters. The van der Waals surface area contributed by atoms with E-state index in [1.165, 1.54) is 12.1 Å². The van der Waals surface area contributed by atoms with Gasteiger partial charge >= 0.3 is 0 Å². The summed E-state index contributed by atoms with van der Waals surface area (Å²) in [4.78, 5) is 26.5. The molecule has 2 amide bonds. The summed E-state index contributed by atoms with van der Waals surface area (Å²) in [7, 11) is -4.25. The van der Waals surface area contributed by atoms with E-state index in [0.29, 0.717) is 37.7 Å². The van der Waals surface area contributed by atoms with Gasteiger partial charge in [-0.2, -0.15) is 4.72 Å². The molecule has 0 aliphatic carbocycles. The molecule has 0 spiro atoms. The first-order valence-corrected chi connectivity index (χ1v) is 12.4. The van der Waals surface area contributed by atoms with Crippen molar-refractivity contribution in [2.24, 2.45) is 5.92 Å². The van der Waals surface area contributed by atoms with E-state index in [0.717, 1.165) is 12.1 Å². The summed E-state index contributed by atoms with van der Waals surface area (Å²) in [6.07, 6.45) is 0. The number of rotatable bonds is 9. The number of carbonyl (C=O) groups excluding carboxylic acids is 2. The number of benzene rings is 2. The third-order valence-corrected chi connectivity index (χ3v) is 6.74. The lowest BCUT2D eigenvalue weighted by Gasteiger charge is -2.25. The fourth-order valence-corrected chi connectivity index (χ4v) is 4.83. The lowest BCUT2D eigenvalue weighted by atomic mass is 10.0. The summed E-state index contributed by atoms with van der Waals surface area (Å²) >= 11 is 0. The third kappa shape index (κ3) is 7.07. The SMILES string of the molecule is CC(C)C(NS(=O)(=O)c1ccccc1F)C(=O)Nc1ccc(NC(=O)CN2CCOCC2)cc1. The van der Waals surface area contributed by atoms with E-state index in [2.05, 4.69) is 15.4 Å². The molecular weight excluding hydrogens is 463 g/mol. The predicted molar refractivity (Wildman–Crippen MR) is 126 cm³/mol. The Morgan fingerprint density at radius 2 is 1.59 bits per heavy atom. The number of anilines is 2. The molecule has 1 aliphatic heterocycles. The van der Waals surface area contributed by atoms with Crippen LogP contribution in [0.15, 0.2) is 53.4 Å². The van der Waals surface area contributed by atoms with Crippen LogP contribution in [0.3, 0.4) is 0 Å². The minimum atomic E-state index is -4.25. The molecule has 2 aromatic rings. The smallest absolute Gasteiger partial charge is 0.244 e. The zero-order chi connectivity index (χ0) is 24.7. The molecule has 1 saturated heterocycles. The van der Waals surface area contributed by atoms with Crippen molar-refractivity contribution in [3.8, 4) is 0 Å². The maximum absolute atomic E-state index is 14.0. The number of carbonyl (C=O) groups is 2. The number of morpholine rings is 1. The highest BCUT2D eigenvalue weighted by Crippen LogP contribution is 2.18. The van der Waals surface area contributed by atoms with Gasteiger partial charge in [0.15, 0.2) is 0 Å². The molecular formula is C23H29FN4O5S. The Morgan fingerprint density at radius 3 is 2.18 bits per heavy atom. The first kappa shape index (κ1) is 25.8. The van der Waals surface area contributed by atoms with Gasteiger partial charge in [0.1, 0.15) is 16.8 Å². The van der Waals surface area contributed by atoms with Crippen molar-refractivity contribution in [1.82, 2.24) is 9.62 Å². The van der Waals surface area contributed by atoms with E-state index in [1.807, 2.05) is 4.90 Å². The van der Waals surface area contributed by atoms with Crippen LogP contribution in [0.5, 0.6) is 0 Å². The van der Waals surface area contributed by atoms with E-state index < -0.39 is 38.6 Å². The second-order valence-corrected chi connectivity index (χ2v) is 9.96. The van der Waals surface area contributed by atoms with Crippen LogP contribution in [0.1, 0.15) is 13.8 Å². The Kier molecular flexibility index (Phi) is 8.72. The number of nitrogens with zero attached hydrogens (tertiary/aromatic N) is 1. The number of sulfonamides is 1. The molecule has 34 heavy (non-hydrogen) atoms. The topological polar surface area (TPSA) is 117 Å². The van der Waals surface area contributed by atoms with Crippen molar-refractivity contribution >= 4 is 33.2 Å². The molecule has 0 radical (unpaired) electrons. The summed E-state index contributed by atoms with van der Waals surface area (Å²) in [5.74, 6) is -2.04. The van der Waals surface area contributed by atoms with E-state index in [4.69, 9.17) is 4.74 Å². The fourth-order valence-electron chi connectivity index (χ4n) is 3.41. The van der Waals surface area contributed by atoms with E-state index in [9.17, 15) is 22.4 Å². The highest BCUT2D eigenvalue weighted by molar-refractivity contribution is 7.89. The molecule has 0 bridgehead atoms. The maximum atomic E-state index is 14.0. The van der Waals surface area contributed by atoms with Gasteiger partial charge in [0.05, 0.1) is 19.8 Å². The Hall–Kier alpha value is -2.86. The van der Waals surface area contributed by atoms with Crippen LogP contribution in [0.2, 0.25) is 0 Å². The van der Waals surface area contributed by atoms with Crippen molar-refractivity contribution in [2.75, 3.05) is 43.5 Å². The number of amides is 2. The fraction of sp³-hybridized carbons (Fsp3) is 0.391. The molecule has 0 aromatic heterocycles. The Bertz CT molecular complexity index is 1100. The van der Waals surface area contributed by atoms with Crippen LogP contribution < -0.4 is 15.4 Å². The molecule has 1 unspecified atom stereocenters. The van der Waals surface area contributed by atoms with Gasteiger partial charge in [-0.05, 0) is 42.3 Å². The van der Waals surface area contributed by atoms with Gasteiger partial charge in [-0.3, -0.25) is 14.5 Å². The van der Waals surface area contributed by atoms with Crippen molar-refractivity contribution in [2.45, 2.75) is 24.8 Å². The normalized spacial score (nSPS) is 15.6. The van der Waals surface area contributed by atoms with Crippen molar-refractivity contribution in [1.29, 1.82) is 0 Å². The average Bonchev–Trinajstić information content (AvgIpc) is 2.79. The summed E-state index contributed by atoms with van der Waals surface area (Å²) in [6, 6.07) is 10.3. The second kappa shape index (κ2) is 11.5. The molecule has 184 valence electrons. The van der Waals surface area contributed by atoms with E-state index in [1.54, 1.807) is 38.1 Å². The van der Waals surface area contributed by atoms with Crippen LogP contribution >= 0.6 is 0 Å². The standard InChI is InChI=1S/C23H29FN4O5S/c1-16(2)22(27-34(31,32)20-6-4-3-5-19(20)24)23(30)26-18-9-7-17(8-10-18)25-21(29)15-28-11-13-33-14-12-28/h3-10,16,22,27H,11-15H2,1-2H3,(H,25,29)(H,26,30). The third-order valence-electron chi connectivity index (χ3n) is 5.26. The van der Waals surface area contributed by atoms with Crippen LogP contribution in [-0.4, -0.2) is 64.0 Å². The summed E-state index contributed by atoms with van der Waals surface area (Å²) in [5.41, 5.74) is 0.990. The molecule has 9 nitrogen and oxygen atoms in total. The number of nitrogens with one attached hydrogen (secondary N) is 3. The van der Waals surface area contributed by atoms with Crippen LogP contribution in [-0.2, 0) is 24.3 Å². The lowest BCUT2D eigenvalue weighted by molar-refractivity contribution is -0.119. The van der Waals surface area contributed by atoms with Gasteiger partial charge in [0.25, 0.3) is 0 Å². The first-order chi connectivity index (χ1) is 16.2. The van der Waals surface area contributed by atoms with Gasteiger partial charge in [0.2, 0.25) is 21.8 Å². The number of hydrogen-bond donors (Lipinski definition) is 3. The zero-order valence-corrected chi connectivity index (χ0v) is 19.9. The van der Waals surface area contributed by atoms with Crippen LogP contribution in [0.25, 0.3) is 0 Å². The Morgan fingerprint density at radius 1 is 1.00 bits per heavy atom. The lowest BCUT2D eigenvalue weighted by Crippen LogP contribution is -2.47. The average molecular weight is 493 g/mol. The summed E-state index contributed by atoms with van der Waals surface area (Å²) < 4.78 is 46.8. The number of ether oxygens (including phenoxy) is 1. The minimum absolute atomic E-state index is 0.152. The number of halogens is 1. The minimum Gasteiger partial charge on any atom is -0.379 e. The molecule has 1 aliphatic rings. The highest BCUT2D eigenvalue weighted by atomic mass is 32.2. The Labute approximate surface area is 198 Å². The summed E-state index contributed by atoms with van der Waals surface area (Å²) in [5, 5.41) is 5.47. The van der Waals surface area contributed by atoms with Crippen molar-refractivity contribution in [3.05, 3.63) is 54.3 Å². The quantitative estimate of drug-likeness (QED) is 0.493. The van der Waals surface area contributed by atoms with Gasteiger partial charge in [0, 0.05) is 24.5 Å². The maximum Gasteiger partial charge on any atom is 0.244 e. The zero-order valence-electron chi connectivity index (χ0n) is 19.1. The van der Waals surface area contributed by atoms with Crippen LogP contribution in [0.4, 0.5) is 15.8 Å². The van der Waals surface area contributed by atoms with Crippen molar-refractivity contribution < 1.29 is 27.1 Å². The molecule has 3 N–H and O–H groups in total. The molecule has 11 heteroatoms. The first-order valence-electron chi connectivity index (χ1n) is 10.9. The molecule has 2 aromatic carbocycles. The highest BCUT2D eigenvalue weighted by Gasteiger charge is 2.30.